The number of hydrogen-bond acceptors (Lipinski definition) is 4. The van der Waals surface area contributed by atoms with Gasteiger partial charge in [-0.05, 0) is 30.4 Å². The van der Waals surface area contributed by atoms with Crippen molar-refractivity contribution in [2.45, 2.75) is 32.2 Å². The number of rotatable bonds is 2. The summed E-state index contributed by atoms with van der Waals surface area (Å²) in [4.78, 5) is 29.1. The number of ketones is 1. The van der Waals surface area contributed by atoms with Crippen LogP contribution in [0.3, 0.4) is 0 Å². The molecule has 0 spiro atoms. The lowest BCUT2D eigenvalue weighted by Gasteiger charge is -2.35. The third kappa shape index (κ3) is 2.65. The molecule has 0 aromatic carbocycles. The molecule has 1 saturated heterocycles. The summed E-state index contributed by atoms with van der Waals surface area (Å²) in [5.74, 6) is 0.450. The zero-order chi connectivity index (χ0) is 14.1. The molecule has 1 aromatic heterocycles. The van der Waals surface area contributed by atoms with Gasteiger partial charge in [0.15, 0.2) is 0 Å². The zero-order valence-electron chi connectivity index (χ0n) is 11.8. The second kappa shape index (κ2) is 5.66. The van der Waals surface area contributed by atoms with Crippen LogP contribution in [0.5, 0.6) is 0 Å². The first-order valence-electron chi connectivity index (χ1n) is 7.25. The van der Waals surface area contributed by atoms with Crippen molar-refractivity contribution < 1.29 is 9.59 Å². The summed E-state index contributed by atoms with van der Waals surface area (Å²) >= 11 is 1.82. The highest BCUT2D eigenvalue weighted by atomic mass is 32.1. The molecule has 3 rings (SSSR count). The van der Waals surface area contributed by atoms with Crippen LogP contribution in [0.15, 0.2) is 11.4 Å². The minimum Gasteiger partial charge on any atom is -0.341 e. The number of piperidine rings is 1. The Morgan fingerprint density at radius 2 is 2.05 bits per heavy atom. The van der Waals surface area contributed by atoms with Gasteiger partial charge in [0.25, 0.3) is 0 Å². The molecule has 1 aromatic rings. The summed E-state index contributed by atoms with van der Waals surface area (Å²) in [5, 5.41) is 2.14. The lowest BCUT2D eigenvalue weighted by Crippen LogP contribution is -2.46. The van der Waals surface area contributed by atoms with Gasteiger partial charge in [-0.2, -0.15) is 0 Å². The van der Waals surface area contributed by atoms with E-state index in [0.717, 1.165) is 13.0 Å². The SMILES string of the molecule is CC1c2ccsc2CCN1CC(=O)N1CCC(=O)CC1. The fourth-order valence-corrected chi connectivity index (χ4v) is 4.02. The topological polar surface area (TPSA) is 40.6 Å². The van der Waals surface area contributed by atoms with Crippen molar-refractivity contribution in [3.63, 3.8) is 0 Å². The predicted octanol–water partition coefficient (Wildman–Crippen LogP) is 1.86. The fourth-order valence-electron chi connectivity index (χ4n) is 3.06. The number of fused-ring (bicyclic) bond motifs is 1. The lowest BCUT2D eigenvalue weighted by atomic mass is 10.0. The summed E-state index contributed by atoms with van der Waals surface area (Å²) in [5.41, 5.74) is 1.38. The molecule has 1 fully saturated rings. The van der Waals surface area contributed by atoms with Gasteiger partial charge in [0.1, 0.15) is 5.78 Å². The molecule has 0 N–H and O–H groups in total. The van der Waals surface area contributed by atoms with Crippen LogP contribution in [0, 0.1) is 0 Å². The summed E-state index contributed by atoms with van der Waals surface area (Å²) < 4.78 is 0. The quantitative estimate of drug-likeness (QED) is 0.835. The predicted molar refractivity (Wildman–Crippen MR) is 78.8 cm³/mol. The molecule has 1 amide bonds. The zero-order valence-corrected chi connectivity index (χ0v) is 12.6. The van der Waals surface area contributed by atoms with Crippen LogP contribution in [0.2, 0.25) is 0 Å². The molecule has 2 aliphatic rings. The normalized spacial score (nSPS) is 23.8. The van der Waals surface area contributed by atoms with Gasteiger partial charge in [0.2, 0.25) is 5.91 Å². The third-order valence-corrected chi connectivity index (χ3v) is 5.41. The second-order valence-corrected chi connectivity index (χ2v) is 6.62. The third-order valence-electron chi connectivity index (χ3n) is 4.42. The van der Waals surface area contributed by atoms with Crippen LogP contribution < -0.4 is 0 Å². The Morgan fingerprint density at radius 1 is 1.30 bits per heavy atom. The summed E-state index contributed by atoms with van der Waals surface area (Å²) in [6.45, 7) is 4.81. The number of likely N-dealkylation sites (tertiary alicyclic amines) is 1. The number of Topliss-reactive ketones (excluding diaryl/α,β-unsaturated/α-hetero) is 1. The Kier molecular flexibility index (Phi) is 3.89. The van der Waals surface area contributed by atoms with E-state index >= 15 is 0 Å². The Morgan fingerprint density at radius 3 is 2.80 bits per heavy atom. The van der Waals surface area contributed by atoms with E-state index in [2.05, 4.69) is 23.3 Å². The highest BCUT2D eigenvalue weighted by molar-refractivity contribution is 7.10. The minimum atomic E-state index is 0.169. The van der Waals surface area contributed by atoms with Gasteiger partial charge >= 0.3 is 0 Å². The van der Waals surface area contributed by atoms with Crippen LogP contribution >= 0.6 is 11.3 Å². The van der Waals surface area contributed by atoms with Crippen LogP contribution in [-0.2, 0) is 16.0 Å². The van der Waals surface area contributed by atoms with Crippen molar-refractivity contribution in [2.24, 2.45) is 0 Å². The number of thiophene rings is 1. The standard InChI is InChI=1S/C15H20N2O2S/c1-11-13-5-9-20-14(13)4-8-17(11)10-15(19)16-6-2-12(18)3-7-16/h5,9,11H,2-4,6-8,10H2,1H3. The molecule has 1 unspecified atom stereocenters. The smallest absolute Gasteiger partial charge is 0.236 e. The number of hydrogen-bond donors (Lipinski definition) is 0. The second-order valence-electron chi connectivity index (χ2n) is 5.62. The molecule has 2 aliphatic heterocycles. The van der Waals surface area contributed by atoms with Gasteiger partial charge in [-0.25, -0.2) is 0 Å². The van der Waals surface area contributed by atoms with Gasteiger partial charge in [0.05, 0.1) is 6.54 Å². The monoisotopic (exact) mass is 292 g/mol. The molecule has 4 nitrogen and oxygen atoms in total. The molecule has 3 heterocycles. The molecule has 0 radical (unpaired) electrons. The van der Waals surface area contributed by atoms with E-state index < -0.39 is 0 Å². The molecule has 108 valence electrons. The first kappa shape index (κ1) is 13.8. The molecule has 0 saturated carbocycles. The first-order chi connectivity index (χ1) is 9.65. The number of amides is 1. The Labute approximate surface area is 123 Å². The fraction of sp³-hybridized carbons (Fsp3) is 0.600. The van der Waals surface area contributed by atoms with Crippen molar-refractivity contribution in [1.29, 1.82) is 0 Å². The van der Waals surface area contributed by atoms with Crippen LogP contribution in [0.1, 0.15) is 36.2 Å². The maximum Gasteiger partial charge on any atom is 0.236 e. The molecule has 5 heteroatoms. The molecular formula is C15H20N2O2S. The molecule has 0 aliphatic carbocycles. The highest BCUT2D eigenvalue weighted by Gasteiger charge is 2.28. The van der Waals surface area contributed by atoms with E-state index in [4.69, 9.17) is 0 Å². The Balaban J connectivity index is 1.61. The average Bonchev–Trinajstić information content (AvgIpc) is 2.92. The van der Waals surface area contributed by atoms with Gasteiger partial charge in [-0.1, -0.05) is 0 Å². The summed E-state index contributed by atoms with van der Waals surface area (Å²) in [6, 6.07) is 2.50. The number of carbonyl (C=O) groups is 2. The van der Waals surface area contributed by atoms with Gasteiger partial charge in [-0.15, -0.1) is 11.3 Å². The van der Waals surface area contributed by atoms with Crippen LogP contribution in [0.4, 0.5) is 0 Å². The maximum atomic E-state index is 12.3. The highest BCUT2D eigenvalue weighted by Crippen LogP contribution is 2.32. The van der Waals surface area contributed by atoms with Crippen molar-refractivity contribution in [1.82, 2.24) is 9.80 Å². The minimum absolute atomic E-state index is 0.169. The van der Waals surface area contributed by atoms with E-state index in [1.165, 1.54) is 10.4 Å². The number of nitrogens with zero attached hydrogens (tertiary/aromatic N) is 2. The molecule has 1 atom stereocenters. The van der Waals surface area contributed by atoms with Crippen LogP contribution in [0.25, 0.3) is 0 Å². The maximum absolute atomic E-state index is 12.3. The van der Waals surface area contributed by atoms with Gasteiger partial charge in [-0.3, -0.25) is 14.5 Å². The van der Waals surface area contributed by atoms with Gasteiger partial charge < -0.3 is 4.90 Å². The van der Waals surface area contributed by atoms with Crippen molar-refractivity contribution in [3.8, 4) is 0 Å². The molecule has 20 heavy (non-hydrogen) atoms. The van der Waals surface area contributed by atoms with Crippen molar-refractivity contribution >= 4 is 23.0 Å². The average molecular weight is 292 g/mol. The number of carbonyl (C=O) groups excluding carboxylic acids is 2. The largest absolute Gasteiger partial charge is 0.341 e. The molecule has 0 bridgehead atoms. The van der Waals surface area contributed by atoms with Crippen LogP contribution in [-0.4, -0.2) is 47.7 Å². The van der Waals surface area contributed by atoms with Gasteiger partial charge in [0, 0.05) is 43.4 Å². The van der Waals surface area contributed by atoms with E-state index in [0.29, 0.717) is 38.5 Å². The first-order valence-corrected chi connectivity index (χ1v) is 8.13. The summed E-state index contributed by atoms with van der Waals surface area (Å²) in [6.07, 6.45) is 2.09. The summed E-state index contributed by atoms with van der Waals surface area (Å²) in [7, 11) is 0. The van der Waals surface area contributed by atoms with E-state index in [1.807, 2.05) is 16.2 Å². The van der Waals surface area contributed by atoms with Crippen molar-refractivity contribution in [2.75, 3.05) is 26.2 Å². The Hall–Kier alpha value is -1.20. The Bertz CT molecular complexity index is 516. The van der Waals surface area contributed by atoms with E-state index in [-0.39, 0.29) is 11.7 Å². The van der Waals surface area contributed by atoms with E-state index in [1.54, 1.807) is 0 Å². The van der Waals surface area contributed by atoms with Crippen molar-refractivity contribution in [3.05, 3.63) is 21.9 Å². The van der Waals surface area contributed by atoms with E-state index in [9.17, 15) is 9.59 Å². The molecular weight excluding hydrogens is 272 g/mol. The lowest BCUT2D eigenvalue weighted by molar-refractivity contribution is -0.136.